The number of aryl methyl sites for hydroxylation is 1. The van der Waals surface area contributed by atoms with Crippen molar-refractivity contribution < 1.29 is 4.74 Å². The SMILES string of the molecule is COc1nn(C)cc1C#C[Si](C)(C)C. The van der Waals surface area contributed by atoms with Gasteiger partial charge in [-0.2, -0.15) is 0 Å². The largest absolute Gasteiger partial charge is 0.479 e. The Bertz CT molecular complexity index is 379. The zero-order valence-electron chi connectivity index (χ0n) is 9.38. The normalized spacial score (nSPS) is 10.6. The molecule has 0 radical (unpaired) electrons. The minimum absolute atomic E-state index is 0.609. The van der Waals surface area contributed by atoms with Crippen molar-refractivity contribution in [2.45, 2.75) is 19.6 Å². The second kappa shape index (κ2) is 3.89. The zero-order valence-corrected chi connectivity index (χ0v) is 10.4. The Labute approximate surface area is 86.1 Å². The fourth-order valence-corrected chi connectivity index (χ4v) is 1.47. The Kier molecular flexibility index (Phi) is 3.02. The Hall–Kier alpha value is -1.21. The number of ether oxygens (including phenoxy) is 1. The molecular formula is C10H16N2OSi. The van der Waals surface area contributed by atoms with E-state index >= 15 is 0 Å². The van der Waals surface area contributed by atoms with Crippen LogP contribution in [0.5, 0.6) is 5.88 Å². The number of aromatic nitrogens is 2. The van der Waals surface area contributed by atoms with E-state index in [-0.39, 0.29) is 0 Å². The third-order valence-corrected chi connectivity index (χ3v) is 2.44. The molecule has 0 aliphatic rings. The molecule has 0 bridgehead atoms. The van der Waals surface area contributed by atoms with Gasteiger partial charge in [-0.15, -0.1) is 10.6 Å². The highest BCUT2D eigenvalue weighted by Gasteiger charge is 2.09. The summed E-state index contributed by atoms with van der Waals surface area (Å²) in [6, 6.07) is 0. The predicted octanol–water partition coefficient (Wildman–Crippen LogP) is 1.66. The lowest BCUT2D eigenvalue weighted by molar-refractivity contribution is 0.391. The van der Waals surface area contributed by atoms with Gasteiger partial charge in [0.15, 0.2) is 0 Å². The fourth-order valence-electron chi connectivity index (χ4n) is 0.959. The molecule has 1 aromatic heterocycles. The van der Waals surface area contributed by atoms with Gasteiger partial charge >= 0.3 is 0 Å². The first-order valence-corrected chi connectivity index (χ1v) is 8.03. The first kappa shape index (κ1) is 10.9. The van der Waals surface area contributed by atoms with Crippen LogP contribution in [0.1, 0.15) is 5.56 Å². The molecular weight excluding hydrogens is 192 g/mol. The molecule has 0 fully saturated rings. The summed E-state index contributed by atoms with van der Waals surface area (Å²) in [6.07, 6.45) is 1.88. The molecule has 0 aliphatic carbocycles. The topological polar surface area (TPSA) is 27.1 Å². The van der Waals surface area contributed by atoms with Gasteiger partial charge < -0.3 is 4.74 Å². The van der Waals surface area contributed by atoms with Crippen LogP contribution in [0.2, 0.25) is 19.6 Å². The van der Waals surface area contributed by atoms with E-state index in [0.29, 0.717) is 5.88 Å². The van der Waals surface area contributed by atoms with Crippen LogP contribution in [0.4, 0.5) is 0 Å². The lowest BCUT2D eigenvalue weighted by Gasteiger charge is -2.02. The van der Waals surface area contributed by atoms with Gasteiger partial charge in [0.2, 0.25) is 5.88 Å². The van der Waals surface area contributed by atoms with Crippen LogP contribution in [0.25, 0.3) is 0 Å². The molecule has 1 heterocycles. The molecule has 1 rings (SSSR count). The van der Waals surface area contributed by atoms with Crippen LogP contribution >= 0.6 is 0 Å². The van der Waals surface area contributed by atoms with Gasteiger partial charge in [0, 0.05) is 13.2 Å². The average molecular weight is 208 g/mol. The van der Waals surface area contributed by atoms with Gasteiger partial charge in [0.1, 0.15) is 13.6 Å². The first-order chi connectivity index (χ1) is 6.42. The van der Waals surface area contributed by atoms with Crippen LogP contribution in [0.3, 0.4) is 0 Å². The van der Waals surface area contributed by atoms with E-state index in [2.05, 4.69) is 36.2 Å². The lowest BCUT2D eigenvalue weighted by atomic mass is 10.4. The molecule has 0 N–H and O–H groups in total. The van der Waals surface area contributed by atoms with Gasteiger partial charge in [-0.3, -0.25) is 4.68 Å². The van der Waals surface area contributed by atoms with Gasteiger partial charge in [0.25, 0.3) is 0 Å². The van der Waals surface area contributed by atoms with E-state index in [0.717, 1.165) is 5.56 Å². The van der Waals surface area contributed by atoms with Gasteiger partial charge in [-0.25, -0.2) is 0 Å². The number of rotatable bonds is 1. The van der Waals surface area contributed by atoms with Crippen LogP contribution in [-0.4, -0.2) is 25.0 Å². The third-order valence-electron chi connectivity index (χ3n) is 1.56. The smallest absolute Gasteiger partial charge is 0.248 e. The molecule has 0 saturated carbocycles. The maximum Gasteiger partial charge on any atom is 0.248 e. The highest BCUT2D eigenvalue weighted by Crippen LogP contribution is 2.13. The van der Waals surface area contributed by atoms with Crippen LogP contribution in [0, 0.1) is 11.5 Å². The van der Waals surface area contributed by atoms with E-state index in [9.17, 15) is 0 Å². The maximum absolute atomic E-state index is 5.11. The summed E-state index contributed by atoms with van der Waals surface area (Å²) in [6.45, 7) is 6.63. The minimum Gasteiger partial charge on any atom is -0.479 e. The van der Waals surface area contributed by atoms with Crippen LogP contribution in [-0.2, 0) is 7.05 Å². The van der Waals surface area contributed by atoms with Gasteiger partial charge in [-0.05, 0) is 0 Å². The number of hydrogen-bond acceptors (Lipinski definition) is 2. The summed E-state index contributed by atoms with van der Waals surface area (Å²) in [5.74, 6) is 3.74. The summed E-state index contributed by atoms with van der Waals surface area (Å²) < 4.78 is 6.83. The van der Waals surface area contributed by atoms with Crippen LogP contribution < -0.4 is 4.74 Å². The van der Waals surface area contributed by atoms with Crippen molar-refractivity contribution in [3.8, 4) is 17.3 Å². The first-order valence-electron chi connectivity index (χ1n) is 4.53. The second-order valence-corrected chi connectivity index (χ2v) is 8.98. The average Bonchev–Trinajstić information content (AvgIpc) is 2.41. The van der Waals surface area contributed by atoms with E-state index in [4.69, 9.17) is 4.74 Å². The van der Waals surface area contributed by atoms with Crippen molar-refractivity contribution in [1.29, 1.82) is 0 Å². The van der Waals surface area contributed by atoms with Crippen molar-refractivity contribution in [3.63, 3.8) is 0 Å². The van der Waals surface area contributed by atoms with Gasteiger partial charge in [-0.1, -0.05) is 25.6 Å². The molecule has 0 aliphatic heterocycles. The van der Waals surface area contributed by atoms with Crippen molar-refractivity contribution >= 4 is 8.07 Å². The summed E-state index contributed by atoms with van der Waals surface area (Å²) in [5.41, 5.74) is 4.15. The van der Waals surface area contributed by atoms with Crippen molar-refractivity contribution in [2.24, 2.45) is 7.05 Å². The quantitative estimate of drug-likeness (QED) is 0.518. The van der Waals surface area contributed by atoms with Crippen LogP contribution in [0.15, 0.2) is 6.20 Å². The summed E-state index contributed by atoms with van der Waals surface area (Å²) in [5, 5.41) is 4.14. The molecule has 14 heavy (non-hydrogen) atoms. The maximum atomic E-state index is 5.11. The van der Waals surface area contributed by atoms with Crippen molar-refractivity contribution in [1.82, 2.24) is 9.78 Å². The summed E-state index contributed by atoms with van der Waals surface area (Å²) in [7, 11) is 2.16. The standard InChI is InChI=1S/C10H16N2OSi/c1-12-8-9(10(11-12)13-2)6-7-14(3,4)5/h8H,1-5H3. The fraction of sp³-hybridized carbons (Fsp3) is 0.500. The Morgan fingerprint density at radius 1 is 1.43 bits per heavy atom. The molecule has 0 amide bonds. The predicted molar refractivity (Wildman–Crippen MR) is 60.0 cm³/mol. The molecule has 0 unspecified atom stereocenters. The van der Waals surface area contributed by atoms with E-state index in [1.165, 1.54) is 0 Å². The van der Waals surface area contributed by atoms with E-state index < -0.39 is 8.07 Å². The molecule has 0 saturated heterocycles. The molecule has 76 valence electrons. The minimum atomic E-state index is -1.32. The molecule has 0 spiro atoms. The highest BCUT2D eigenvalue weighted by atomic mass is 28.3. The molecule has 0 atom stereocenters. The number of hydrogen-bond donors (Lipinski definition) is 0. The van der Waals surface area contributed by atoms with E-state index in [1.807, 2.05) is 13.2 Å². The Morgan fingerprint density at radius 3 is 2.57 bits per heavy atom. The van der Waals surface area contributed by atoms with E-state index in [1.54, 1.807) is 11.8 Å². The Morgan fingerprint density at radius 2 is 2.07 bits per heavy atom. The summed E-state index contributed by atoms with van der Waals surface area (Å²) >= 11 is 0. The molecule has 4 heteroatoms. The lowest BCUT2D eigenvalue weighted by Crippen LogP contribution is -2.16. The summed E-state index contributed by atoms with van der Waals surface area (Å²) in [4.78, 5) is 0. The zero-order chi connectivity index (χ0) is 10.8. The molecule has 0 aromatic carbocycles. The monoisotopic (exact) mass is 208 g/mol. The highest BCUT2D eigenvalue weighted by molar-refractivity contribution is 6.83. The Balaban J connectivity index is 3.00. The van der Waals surface area contributed by atoms with Crippen molar-refractivity contribution in [3.05, 3.63) is 11.8 Å². The molecule has 3 nitrogen and oxygen atoms in total. The third kappa shape index (κ3) is 2.93. The number of methoxy groups -OCH3 is 1. The number of nitrogens with zero attached hydrogens (tertiary/aromatic N) is 2. The molecule has 1 aromatic rings. The van der Waals surface area contributed by atoms with Gasteiger partial charge in [0.05, 0.1) is 7.11 Å². The second-order valence-electron chi connectivity index (χ2n) is 4.23. The van der Waals surface area contributed by atoms with Crippen molar-refractivity contribution in [2.75, 3.05) is 7.11 Å².